The fraction of sp³-hybridized carbons (Fsp3) is 0.417. The van der Waals surface area contributed by atoms with Gasteiger partial charge in [-0.25, -0.2) is 0 Å². The van der Waals surface area contributed by atoms with Crippen LogP contribution in [-0.4, -0.2) is 17.1 Å². The van der Waals surface area contributed by atoms with Crippen molar-refractivity contribution in [3.63, 3.8) is 0 Å². The molecule has 0 aromatic heterocycles. The lowest BCUT2D eigenvalue weighted by Crippen LogP contribution is -2.33. The lowest BCUT2D eigenvalue weighted by molar-refractivity contribution is -0.139. The van der Waals surface area contributed by atoms with Gasteiger partial charge in [-0.3, -0.25) is 4.79 Å². The fourth-order valence-corrected chi connectivity index (χ4v) is 1.27. The van der Waals surface area contributed by atoms with Crippen molar-refractivity contribution >= 4 is 5.97 Å². The number of carboxylic acids is 1. The summed E-state index contributed by atoms with van der Waals surface area (Å²) in [5.74, 6) is -0.821. The molecule has 0 aliphatic carbocycles. The van der Waals surface area contributed by atoms with Crippen molar-refractivity contribution in [2.24, 2.45) is 0 Å². The number of hydrogen-bond acceptors (Lipinski definition) is 2. The molecule has 0 bridgehead atoms. The van der Waals surface area contributed by atoms with Gasteiger partial charge in [0.15, 0.2) is 0 Å². The van der Waals surface area contributed by atoms with Crippen LogP contribution in [0.1, 0.15) is 23.6 Å². The Hall–Kier alpha value is -1.35. The molecule has 1 rings (SSSR count). The molecule has 0 amide bonds. The van der Waals surface area contributed by atoms with Gasteiger partial charge < -0.3 is 10.4 Å². The zero-order valence-corrected chi connectivity index (χ0v) is 9.37. The highest BCUT2D eigenvalue weighted by atomic mass is 16.4. The van der Waals surface area contributed by atoms with Gasteiger partial charge in [-0.05, 0) is 37.5 Å². The van der Waals surface area contributed by atoms with Gasteiger partial charge in [-0.15, -0.1) is 0 Å². The Balaban J connectivity index is 2.58. The summed E-state index contributed by atoms with van der Waals surface area (Å²) >= 11 is 0. The van der Waals surface area contributed by atoms with E-state index >= 15 is 0 Å². The summed E-state index contributed by atoms with van der Waals surface area (Å²) in [5.41, 5.74) is 3.61. The van der Waals surface area contributed by atoms with Gasteiger partial charge >= 0.3 is 5.97 Å². The monoisotopic (exact) mass is 207 g/mol. The maximum atomic E-state index is 10.6. The molecule has 1 aromatic carbocycles. The molecule has 3 nitrogen and oxygen atoms in total. The Morgan fingerprint density at radius 1 is 1.40 bits per heavy atom. The third-order valence-electron chi connectivity index (χ3n) is 2.55. The topological polar surface area (TPSA) is 49.3 Å². The van der Waals surface area contributed by atoms with E-state index < -0.39 is 12.0 Å². The first-order valence-electron chi connectivity index (χ1n) is 5.03. The van der Waals surface area contributed by atoms with Gasteiger partial charge in [0.2, 0.25) is 0 Å². The van der Waals surface area contributed by atoms with E-state index in [0.717, 1.165) is 5.56 Å². The lowest BCUT2D eigenvalue weighted by atomic mass is 10.1. The van der Waals surface area contributed by atoms with Crippen LogP contribution < -0.4 is 5.32 Å². The van der Waals surface area contributed by atoms with Gasteiger partial charge in [0.25, 0.3) is 0 Å². The van der Waals surface area contributed by atoms with Crippen LogP contribution in [0.3, 0.4) is 0 Å². The van der Waals surface area contributed by atoms with E-state index in [4.69, 9.17) is 5.11 Å². The summed E-state index contributed by atoms with van der Waals surface area (Å²) in [6.07, 6.45) is 0. The minimum atomic E-state index is -0.821. The number of hydrogen-bond donors (Lipinski definition) is 2. The van der Waals surface area contributed by atoms with Crippen LogP contribution in [0.2, 0.25) is 0 Å². The van der Waals surface area contributed by atoms with Crippen LogP contribution in [0.15, 0.2) is 18.2 Å². The van der Waals surface area contributed by atoms with Crippen molar-refractivity contribution in [1.82, 2.24) is 5.32 Å². The molecule has 3 heteroatoms. The molecule has 0 spiro atoms. The summed E-state index contributed by atoms with van der Waals surface area (Å²) in [7, 11) is 0. The second-order valence-electron chi connectivity index (χ2n) is 3.86. The summed E-state index contributed by atoms with van der Waals surface area (Å²) in [4.78, 5) is 10.6. The SMILES string of the molecule is Cc1ccc(CN[C@H](C)C(=O)O)cc1C. The van der Waals surface area contributed by atoms with Crippen LogP contribution in [0, 0.1) is 13.8 Å². The van der Waals surface area contributed by atoms with E-state index in [1.807, 2.05) is 6.07 Å². The first kappa shape index (κ1) is 11.7. The molecule has 1 atom stereocenters. The standard InChI is InChI=1S/C12H17NO2/c1-8-4-5-11(6-9(8)2)7-13-10(3)12(14)15/h4-6,10,13H,7H2,1-3H3,(H,14,15)/t10-/m1/s1. The summed E-state index contributed by atoms with van der Waals surface area (Å²) < 4.78 is 0. The van der Waals surface area contributed by atoms with Gasteiger partial charge in [0.05, 0.1) is 0 Å². The molecular formula is C12H17NO2. The first-order valence-corrected chi connectivity index (χ1v) is 5.03. The van der Waals surface area contributed by atoms with Crippen molar-refractivity contribution in [2.75, 3.05) is 0 Å². The predicted octanol–water partition coefficient (Wildman–Crippen LogP) is 1.87. The normalized spacial score (nSPS) is 12.5. The van der Waals surface area contributed by atoms with E-state index in [1.165, 1.54) is 11.1 Å². The van der Waals surface area contributed by atoms with E-state index in [0.29, 0.717) is 6.54 Å². The number of aryl methyl sites for hydroxylation is 2. The third kappa shape index (κ3) is 3.36. The Morgan fingerprint density at radius 2 is 2.07 bits per heavy atom. The number of benzene rings is 1. The highest BCUT2D eigenvalue weighted by Crippen LogP contribution is 2.09. The molecule has 0 aliphatic rings. The Kier molecular flexibility index (Phi) is 3.86. The van der Waals surface area contributed by atoms with Crippen LogP contribution in [0.5, 0.6) is 0 Å². The van der Waals surface area contributed by atoms with Crippen molar-refractivity contribution in [2.45, 2.75) is 33.4 Å². The molecular weight excluding hydrogens is 190 g/mol. The van der Waals surface area contributed by atoms with Crippen LogP contribution in [-0.2, 0) is 11.3 Å². The van der Waals surface area contributed by atoms with E-state index in [1.54, 1.807) is 6.92 Å². The molecule has 15 heavy (non-hydrogen) atoms. The summed E-state index contributed by atoms with van der Waals surface area (Å²) in [6.45, 7) is 6.35. The average molecular weight is 207 g/mol. The lowest BCUT2D eigenvalue weighted by Gasteiger charge is -2.10. The molecule has 0 saturated carbocycles. The third-order valence-corrected chi connectivity index (χ3v) is 2.55. The van der Waals surface area contributed by atoms with Crippen LogP contribution in [0.4, 0.5) is 0 Å². The zero-order chi connectivity index (χ0) is 11.4. The second kappa shape index (κ2) is 4.94. The highest BCUT2D eigenvalue weighted by Gasteiger charge is 2.09. The second-order valence-corrected chi connectivity index (χ2v) is 3.86. The Labute approximate surface area is 90.1 Å². The summed E-state index contributed by atoms with van der Waals surface area (Å²) in [5, 5.41) is 11.6. The Morgan fingerprint density at radius 3 is 2.60 bits per heavy atom. The quantitative estimate of drug-likeness (QED) is 0.792. The van der Waals surface area contributed by atoms with Crippen molar-refractivity contribution < 1.29 is 9.90 Å². The fourth-order valence-electron chi connectivity index (χ4n) is 1.27. The zero-order valence-electron chi connectivity index (χ0n) is 9.37. The average Bonchev–Trinajstić information content (AvgIpc) is 2.19. The largest absolute Gasteiger partial charge is 0.480 e. The first-order chi connectivity index (χ1) is 7.00. The maximum Gasteiger partial charge on any atom is 0.320 e. The van der Waals surface area contributed by atoms with Crippen LogP contribution >= 0.6 is 0 Å². The number of rotatable bonds is 4. The van der Waals surface area contributed by atoms with Crippen molar-refractivity contribution in [3.8, 4) is 0 Å². The molecule has 0 radical (unpaired) electrons. The smallest absolute Gasteiger partial charge is 0.320 e. The molecule has 2 N–H and O–H groups in total. The number of carboxylic acid groups (broad SMARTS) is 1. The molecule has 0 aliphatic heterocycles. The Bertz CT molecular complexity index is 361. The van der Waals surface area contributed by atoms with Gasteiger partial charge in [0.1, 0.15) is 6.04 Å². The molecule has 82 valence electrons. The van der Waals surface area contributed by atoms with E-state index in [2.05, 4.69) is 31.3 Å². The predicted molar refractivity (Wildman–Crippen MR) is 59.9 cm³/mol. The van der Waals surface area contributed by atoms with Gasteiger partial charge in [-0.1, -0.05) is 18.2 Å². The molecule has 0 unspecified atom stereocenters. The highest BCUT2D eigenvalue weighted by molar-refractivity contribution is 5.72. The van der Waals surface area contributed by atoms with Crippen molar-refractivity contribution in [3.05, 3.63) is 34.9 Å². The van der Waals surface area contributed by atoms with Gasteiger partial charge in [-0.2, -0.15) is 0 Å². The van der Waals surface area contributed by atoms with Gasteiger partial charge in [0, 0.05) is 6.54 Å². The number of nitrogens with one attached hydrogen (secondary N) is 1. The van der Waals surface area contributed by atoms with E-state index in [-0.39, 0.29) is 0 Å². The number of carbonyl (C=O) groups is 1. The van der Waals surface area contributed by atoms with Crippen molar-refractivity contribution in [1.29, 1.82) is 0 Å². The van der Waals surface area contributed by atoms with E-state index in [9.17, 15) is 4.79 Å². The molecule has 1 aromatic rings. The maximum absolute atomic E-state index is 10.6. The molecule has 0 fully saturated rings. The summed E-state index contributed by atoms with van der Waals surface area (Å²) in [6, 6.07) is 5.64. The minimum Gasteiger partial charge on any atom is -0.480 e. The molecule has 0 heterocycles. The minimum absolute atomic E-state index is 0.508. The van der Waals surface area contributed by atoms with Crippen LogP contribution in [0.25, 0.3) is 0 Å². The molecule has 0 saturated heterocycles. The number of aliphatic carboxylic acids is 1.